The summed E-state index contributed by atoms with van der Waals surface area (Å²) in [5.74, 6) is 0.0675. The molecule has 0 spiro atoms. The first kappa shape index (κ1) is 15.5. The maximum Gasteiger partial charge on any atom is 0.222 e. The summed E-state index contributed by atoms with van der Waals surface area (Å²) in [4.78, 5) is 13.7. The van der Waals surface area contributed by atoms with Crippen molar-refractivity contribution in [3.05, 3.63) is 0 Å². The second-order valence-electron chi connectivity index (χ2n) is 4.88. The summed E-state index contributed by atoms with van der Waals surface area (Å²) in [5.41, 5.74) is 0. The van der Waals surface area contributed by atoms with E-state index < -0.39 is 0 Å². The molecule has 0 aromatic heterocycles. The Morgan fingerprint density at radius 3 is 2.42 bits per heavy atom. The van der Waals surface area contributed by atoms with Gasteiger partial charge in [0.25, 0.3) is 0 Å². The van der Waals surface area contributed by atoms with Crippen molar-refractivity contribution in [1.29, 1.82) is 10.5 Å². The van der Waals surface area contributed by atoms with Crippen molar-refractivity contribution < 1.29 is 4.79 Å². The Balaban J connectivity index is 2.33. The molecule has 1 unspecified atom stereocenters. The highest BCUT2D eigenvalue weighted by Crippen LogP contribution is 2.13. The van der Waals surface area contributed by atoms with Crippen LogP contribution in [0.25, 0.3) is 0 Å². The molecule has 0 bridgehead atoms. The van der Waals surface area contributed by atoms with Crippen LogP contribution in [0.1, 0.15) is 44.9 Å². The second kappa shape index (κ2) is 9.35. The van der Waals surface area contributed by atoms with Crippen molar-refractivity contribution in [2.75, 3.05) is 19.6 Å². The van der Waals surface area contributed by atoms with E-state index in [0.29, 0.717) is 38.4 Å². The van der Waals surface area contributed by atoms with Crippen LogP contribution in [-0.4, -0.2) is 36.5 Å². The molecular formula is C14H22N4O. The van der Waals surface area contributed by atoms with Crippen molar-refractivity contribution in [2.24, 2.45) is 0 Å². The van der Waals surface area contributed by atoms with Crippen molar-refractivity contribution in [2.45, 2.75) is 51.0 Å². The minimum Gasteiger partial charge on any atom is -0.341 e. The number of hydrogen-bond acceptors (Lipinski definition) is 4. The van der Waals surface area contributed by atoms with Crippen molar-refractivity contribution in [3.63, 3.8) is 0 Å². The summed E-state index contributed by atoms with van der Waals surface area (Å²) in [7, 11) is 0. The van der Waals surface area contributed by atoms with E-state index in [0.717, 1.165) is 19.4 Å². The van der Waals surface area contributed by atoms with E-state index in [2.05, 4.69) is 5.32 Å². The zero-order chi connectivity index (χ0) is 13.9. The molecule has 5 heteroatoms. The predicted molar refractivity (Wildman–Crippen MR) is 71.9 cm³/mol. The van der Waals surface area contributed by atoms with Crippen LogP contribution >= 0.6 is 0 Å². The molecule has 104 valence electrons. The van der Waals surface area contributed by atoms with Crippen LogP contribution in [-0.2, 0) is 4.79 Å². The Morgan fingerprint density at radius 1 is 1.21 bits per heavy atom. The number of rotatable bonds is 7. The van der Waals surface area contributed by atoms with E-state index in [1.54, 1.807) is 4.90 Å². The molecule has 1 aliphatic rings. The number of nitriles is 2. The molecule has 0 aromatic rings. The predicted octanol–water partition coefficient (Wildman–Crippen LogP) is 1.56. The van der Waals surface area contributed by atoms with E-state index in [9.17, 15) is 4.79 Å². The summed E-state index contributed by atoms with van der Waals surface area (Å²) >= 11 is 0. The molecule has 0 aliphatic carbocycles. The first-order valence-electron chi connectivity index (χ1n) is 7.03. The largest absolute Gasteiger partial charge is 0.341 e. The van der Waals surface area contributed by atoms with Gasteiger partial charge in [-0.1, -0.05) is 6.42 Å². The quantitative estimate of drug-likeness (QED) is 0.755. The van der Waals surface area contributed by atoms with E-state index >= 15 is 0 Å². The highest BCUT2D eigenvalue weighted by atomic mass is 16.2. The highest BCUT2D eigenvalue weighted by molar-refractivity contribution is 5.76. The number of nitrogens with zero attached hydrogens (tertiary/aromatic N) is 3. The molecule has 1 atom stereocenters. The van der Waals surface area contributed by atoms with E-state index in [4.69, 9.17) is 10.5 Å². The van der Waals surface area contributed by atoms with Gasteiger partial charge in [-0.25, -0.2) is 0 Å². The van der Waals surface area contributed by atoms with Crippen LogP contribution in [0.4, 0.5) is 0 Å². The average molecular weight is 262 g/mol. The van der Waals surface area contributed by atoms with Gasteiger partial charge in [-0.3, -0.25) is 4.79 Å². The Labute approximate surface area is 115 Å². The maximum atomic E-state index is 12.1. The van der Waals surface area contributed by atoms with Gasteiger partial charge in [-0.15, -0.1) is 0 Å². The van der Waals surface area contributed by atoms with Gasteiger partial charge >= 0.3 is 0 Å². The van der Waals surface area contributed by atoms with Gasteiger partial charge in [0.2, 0.25) is 5.91 Å². The first-order valence-corrected chi connectivity index (χ1v) is 7.03. The highest BCUT2D eigenvalue weighted by Gasteiger charge is 2.17. The summed E-state index contributed by atoms with van der Waals surface area (Å²) < 4.78 is 0. The SMILES string of the molecule is N#CCCN(CCC#N)C(=O)CCC1CCCCN1. The third-order valence-electron chi connectivity index (χ3n) is 3.46. The van der Waals surface area contributed by atoms with Crippen molar-refractivity contribution >= 4 is 5.91 Å². The number of nitrogens with one attached hydrogen (secondary N) is 1. The van der Waals surface area contributed by atoms with Gasteiger partial charge in [-0.2, -0.15) is 10.5 Å². The Hall–Kier alpha value is -1.59. The maximum absolute atomic E-state index is 12.1. The minimum absolute atomic E-state index is 0.0675. The molecule has 1 saturated heterocycles. The third-order valence-corrected chi connectivity index (χ3v) is 3.46. The molecule has 0 saturated carbocycles. The van der Waals surface area contributed by atoms with Crippen molar-refractivity contribution in [3.8, 4) is 12.1 Å². The van der Waals surface area contributed by atoms with Gasteiger partial charge in [-0.05, 0) is 25.8 Å². The van der Waals surface area contributed by atoms with Crippen LogP contribution in [0.15, 0.2) is 0 Å². The molecule has 1 heterocycles. The zero-order valence-corrected chi connectivity index (χ0v) is 11.4. The fraction of sp³-hybridized carbons (Fsp3) is 0.786. The molecule has 0 radical (unpaired) electrons. The fourth-order valence-corrected chi connectivity index (χ4v) is 2.36. The lowest BCUT2D eigenvalue weighted by molar-refractivity contribution is -0.131. The van der Waals surface area contributed by atoms with Crippen LogP contribution in [0.3, 0.4) is 0 Å². The zero-order valence-electron chi connectivity index (χ0n) is 11.4. The third kappa shape index (κ3) is 6.22. The monoisotopic (exact) mass is 262 g/mol. The first-order chi connectivity index (χ1) is 9.27. The molecule has 1 fully saturated rings. The van der Waals surface area contributed by atoms with Gasteiger partial charge in [0.15, 0.2) is 0 Å². The van der Waals surface area contributed by atoms with Crippen LogP contribution in [0, 0.1) is 22.7 Å². The molecule has 5 nitrogen and oxygen atoms in total. The standard InChI is InChI=1S/C14H22N4O/c15-8-3-11-18(12-4-9-16)14(19)7-6-13-5-1-2-10-17-13/h13,17H,1-7,10-12H2. The van der Waals surface area contributed by atoms with Gasteiger partial charge < -0.3 is 10.2 Å². The fourth-order valence-electron chi connectivity index (χ4n) is 2.36. The molecule has 1 rings (SSSR count). The smallest absolute Gasteiger partial charge is 0.222 e. The normalized spacial score (nSPS) is 18.3. The Bertz CT molecular complexity index is 331. The Kier molecular flexibility index (Phi) is 7.62. The Morgan fingerprint density at radius 2 is 1.89 bits per heavy atom. The summed E-state index contributed by atoms with van der Waals surface area (Å²) in [6.45, 7) is 1.93. The number of carbonyl (C=O) groups excluding carboxylic acids is 1. The lowest BCUT2D eigenvalue weighted by Gasteiger charge is -2.25. The van der Waals surface area contributed by atoms with Gasteiger partial charge in [0.1, 0.15) is 0 Å². The lowest BCUT2D eigenvalue weighted by atomic mass is 10.0. The molecule has 1 aliphatic heterocycles. The number of carbonyl (C=O) groups is 1. The topological polar surface area (TPSA) is 79.9 Å². The molecule has 1 N–H and O–H groups in total. The molecule has 19 heavy (non-hydrogen) atoms. The number of piperidine rings is 1. The summed E-state index contributed by atoms with van der Waals surface area (Å²) in [5, 5.41) is 20.6. The summed E-state index contributed by atoms with van der Waals surface area (Å²) in [6, 6.07) is 4.54. The molecule has 1 amide bonds. The van der Waals surface area contributed by atoms with E-state index in [-0.39, 0.29) is 5.91 Å². The van der Waals surface area contributed by atoms with Crippen LogP contribution in [0.2, 0.25) is 0 Å². The molecule has 0 aromatic carbocycles. The number of hydrogen-bond donors (Lipinski definition) is 1. The van der Waals surface area contributed by atoms with Gasteiger partial charge in [0.05, 0.1) is 25.0 Å². The average Bonchev–Trinajstić information content (AvgIpc) is 2.46. The second-order valence-corrected chi connectivity index (χ2v) is 4.88. The van der Waals surface area contributed by atoms with Crippen LogP contribution < -0.4 is 5.32 Å². The van der Waals surface area contributed by atoms with E-state index in [1.807, 2.05) is 12.1 Å². The van der Waals surface area contributed by atoms with Crippen molar-refractivity contribution in [1.82, 2.24) is 10.2 Å². The molecular weight excluding hydrogens is 240 g/mol. The van der Waals surface area contributed by atoms with E-state index in [1.165, 1.54) is 12.8 Å². The van der Waals surface area contributed by atoms with Gasteiger partial charge in [0, 0.05) is 25.6 Å². The lowest BCUT2D eigenvalue weighted by Crippen LogP contribution is -2.37. The number of amides is 1. The van der Waals surface area contributed by atoms with Crippen LogP contribution in [0.5, 0.6) is 0 Å². The summed E-state index contributed by atoms with van der Waals surface area (Å²) in [6.07, 6.45) is 5.63. The minimum atomic E-state index is 0.0675.